The molecule has 31 heavy (non-hydrogen) atoms. The Morgan fingerprint density at radius 3 is 2.29 bits per heavy atom. The summed E-state index contributed by atoms with van der Waals surface area (Å²) in [5.74, 6) is 0.255. The number of carbonyl (C=O) groups excluding carboxylic acids is 1. The van der Waals surface area contributed by atoms with Gasteiger partial charge in [-0.3, -0.25) is 9.59 Å². The molecule has 1 aromatic carbocycles. The maximum atomic E-state index is 13.3. The van der Waals surface area contributed by atoms with Crippen LogP contribution in [0.2, 0.25) is 0 Å². The van der Waals surface area contributed by atoms with Crippen LogP contribution in [0.3, 0.4) is 0 Å². The van der Waals surface area contributed by atoms with Gasteiger partial charge >= 0.3 is 0 Å². The average molecular weight is 446 g/mol. The zero-order chi connectivity index (χ0) is 22.2. The minimum atomic E-state index is -3.68. The van der Waals surface area contributed by atoms with Crippen molar-refractivity contribution in [2.75, 3.05) is 26.2 Å². The lowest BCUT2D eigenvalue weighted by Crippen LogP contribution is -2.38. The third-order valence-corrected chi connectivity index (χ3v) is 8.56. The summed E-state index contributed by atoms with van der Waals surface area (Å²) >= 11 is 0. The van der Waals surface area contributed by atoms with E-state index in [-0.39, 0.29) is 21.8 Å². The molecule has 8 heteroatoms. The van der Waals surface area contributed by atoms with E-state index in [0.29, 0.717) is 37.6 Å². The summed E-state index contributed by atoms with van der Waals surface area (Å²) in [5.41, 5.74) is 0.327. The second-order valence-corrected chi connectivity index (χ2v) is 10.9. The zero-order valence-corrected chi connectivity index (χ0v) is 19.2. The molecule has 1 amide bonds. The number of amides is 1. The van der Waals surface area contributed by atoms with Gasteiger partial charge in [-0.2, -0.15) is 4.31 Å². The Labute approximate surface area is 183 Å². The van der Waals surface area contributed by atoms with E-state index in [2.05, 4.69) is 6.92 Å². The molecule has 0 unspecified atom stereocenters. The van der Waals surface area contributed by atoms with E-state index in [4.69, 9.17) is 0 Å². The number of benzene rings is 1. The Morgan fingerprint density at radius 2 is 1.65 bits per heavy atom. The molecular weight excluding hydrogens is 414 g/mol. The lowest BCUT2D eigenvalue weighted by atomic mass is 10.0. The van der Waals surface area contributed by atoms with Crippen molar-refractivity contribution in [2.45, 2.75) is 50.3 Å². The first-order valence-corrected chi connectivity index (χ1v) is 12.7. The van der Waals surface area contributed by atoms with Crippen LogP contribution < -0.4 is 5.43 Å². The molecule has 2 aromatic rings. The molecule has 2 saturated heterocycles. The summed E-state index contributed by atoms with van der Waals surface area (Å²) in [5, 5.41) is 0.273. The predicted molar refractivity (Wildman–Crippen MR) is 121 cm³/mol. The van der Waals surface area contributed by atoms with Crippen LogP contribution in [0.15, 0.2) is 34.1 Å². The Hall–Kier alpha value is -2.19. The number of hydrogen-bond acceptors (Lipinski definition) is 4. The van der Waals surface area contributed by atoms with Gasteiger partial charge in [-0.05, 0) is 49.8 Å². The third-order valence-electron chi connectivity index (χ3n) is 6.66. The van der Waals surface area contributed by atoms with Crippen molar-refractivity contribution in [3.8, 4) is 0 Å². The van der Waals surface area contributed by atoms with E-state index >= 15 is 0 Å². The summed E-state index contributed by atoms with van der Waals surface area (Å²) in [6.45, 7) is 4.43. The fraction of sp³-hybridized carbons (Fsp3) is 0.565. The van der Waals surface area contributed by atoms with Crippen molar-refractivity contribution >= 4 is 26.8 Å². The van der Waals surface area contributed by atoms with E-state index in [1.165, 1.54) is 10.4 Å². The van der Waals surface area contributed by atoms with Crippen molar-refractivity contribution in [3.63, 3.8) is 0 Å². The number of pyridine rings is 1. The van der Waals surface area contributed by atoms with Crippen molar-refractivity contribution in [3.05, 3.63) is 40.2 Å². The molecule has 2 fully saturated rings. The summed E-state index contributed by atoms with van der Waals surface area (Å²) in [4.78, 5) is 28.3. The average Bonchev–Trinajstić information content (AvgIpc) is 3.05. The minimum Gasteiger partial charge on any atom is -0.350 e. The Balaban J connectivity index is 1.74. The molecule has 2 aliphatic heterocycles. The molecule has 1 aromatic heterocycles. The first kappa shape index (κ1) is 22.0. The van der Waals surface area contributed by atoms with Crippen LogP contribution in [0.25, 0.3) is 10.9 Å². The highest BCUT2D eigenvalue weighted by Crippen LogP contribution is 2.25. The van der Waals surface area contributed by atoms with Crippen LogP contribution >= 0.6 is 0 Å². The lowest BCUT2D eigenvalue weighted by molar-refractivity contribution is 0.0760. The highest BCUT2D eigenvalue weighted by Gasteiger charge is 2.29. The van der Waals surface area contributed by atoms with Crippen molar-refractivity contribution < 1.29 is 13.2 Å². The van der Waals surface area contributed by atoms with Crippen molar-refractivity contribution in [2.24, 2.45) is 13.0 Å². The van der Waals surface area contributed by atoms with Crippen LogP contribution in [0.4, 0.5) is 0 Å². The maximum Gasteiger partial charge on any atom is 0.259 e. The monoisotopic (exact) mass is 445 g/mol. The van der Waals surface area contributed by atoms with Crippen molar-refractivity contribution in [1.82, 2.24) is 13.8 Å². The largest absolute Gasteiger partial charge is 0.350 e. The number of sulfonamides is 1. The van der Waals surface area contributed by atoms with E-state index in [1.807, 2.05) is 0 Å². The van der Waals surface area contributed by atoms with Gasteiger partial charge in [-0.25, -0.2) is 8.42 Å². The number of fused-ring (bicyclic) bond motifs is 1. The molecule has 0 atom stereocenters. The summed E-state index contributed by atoms with van der Waals surface area (Å²) < 4.78 is 29.6. The highest BCUT2D eigenvalue weighted by molar-refractivity contribution is 7.89. The normalized spacial score (nSPS) is 19.5. The quantitative estimate of drug-likeness (QED) is 0.728. The van der Waals surface area contributed by atoms with E-state index in [1.54, 1.807) is 34.8 Å². The van der Waals surface area contributed by atoms with Gasteiger partial charge in [0, 0.05) is 44.8 Å². The van der Waals surface area contributed by atoms with Crippen LogP contribution in [-0.4, -0.2) is 54.3 Å². The molecule has 2 aliphatic rings. The Morgan fingerprint density at radius 1 is 1.00 bits per heavy atom. The molecule has 3 heterocycles. The topological polar surface area (TPSA) is 79.7 Å². The molecule has 0 radical (unpaired) electrons. The molecule has 4 rings (SSSR count). The van der Waals surface area contributed by atoms with Crippen LogP contribution in [-0.2, 0) is 17.1 Å². The second kappa shape index (κ2) is 8.74. The molecule has 7 nitrogen and oxygen atoms in total. The number of nitrogens with zero attached hydrogens (tertiary/aromatic N) is 3. The van der Waals surface area contributed by atoms with E-state index in [0.717, 1.165) is 38.5 Å². The van der Waals surface area contributed by atoms with Gasteiger partial charge in [0.25, 0.3) is 5.91 Å². The minimum absolute atomic E-state index is 0.109. The molecule has 0 N–H and O–H groups in total. The summed E-state index contributed by atoms with van der Waals surface area (Å²) in [6, 6.07) is 4.67. The molecule has 0 saturated carbocycles. The van der Waals surface area contributed by atoms with E-state index in [9.17, 15) is 18.0 Å². The number of hydrogen-bond donors (Lipinski definition) is 0. The van der Waals surface area contributed by atoms with Gasteiger partial charge in [0.05, 0.1) is 10.4 Å². The van der Waals surface area contributed by atoms with Gasteiger partial charge < -0.3 is 9.47 Å². The number of aromatic nitrogens is 1. The van der Waals surface area contributed by atoms with Crippen LogP contribution in [0.5, 0.6) is 0 Å². The first-order valence-electron chi connectivity index (χ1n) is 11.2. The second-order valence-electron chi connectivity index (χ2n) is 8.95. The summed E-state index contributed by atoms with van der Waals surface area (Å²) in [6.07, 6.45) is 7.32. The van der Waals surface area contributed by atoms with Gasteiger partial charge in [0.15, 0.2) is 0 Å². The van der Waals surface area contributed by atoms with Gasteiger partial charge in [0.2, 0.25) is 15.5 Å². The highest BCUT2D eigenvalue weighted by atomic mass is 32.2. The van der Waals surface area contributed by atoms with E-state index < -0.39 is 15.5 Å². The SMILES string of the molecule is CC1CCN(S(=O)(=O)c2ccc3c(c2)c(=O)c(C(=O)N2CCCCCC2)cn3C)CC1. The maximum absolute atomic E-state index is 13.3. The van der Waals surface area contributed by atoms with Crippen LogP contribution in [0.1, 0.15) is 55.8 Å². The van der Waals surface area contributed by atoms with Crippen LogP contribution in [0, 0.1) is 5.92 Å². The Kier molecular flexibility index (Phi) is 6.21. The number of carbonyl (C=O) groups is 1. The fourth-order valence-corrected chi connectivity index (χ4v) is 6.10. The smallest absolute Gasteiger partial charge is 0.259 e. The third kappa shape index (κ3) is 4.28. The standard InChI is InChI=1S/C23H31N3O4S/c1-17-9-13-26(14-10-17)31(29,30)18-7-8-21-19(15-18)22(27)20(16-24(21)2)23(28)25-11-5-3-4-6-12-25/h7-8,15-17H,3-6,9-14H2,1-2H3. The molecule has 0 spiro atoms. The number of likely N-dealkylation sites (tertiary alicyclic amines) is 1. The molecule has 0 aliphatic carbocycles. The fourth-order valence-electron chi connectivity index (χ4n) is 4.60. The predicted octanol–water partition coefficient (Wildman–Crippen LogP) is 2.98. The van der Waals surface area contributed by atoms with Gasteiger partial charge in [-0.15, -0.1) is 0 Å². The molecule has 168 valence electrons. The molecule has 0 bridgehead atoms. The summed E-state index contributed by atoms with van der Waals surface area (Å²) in [7, 11) is -1.90. The molecular formula is C23H31N3O4S. The van der Waals surface area contributed by atoms with Crippen molar-refractivity contribution in [1.29, 1.82) is 0 Å². The first-order chi connectivity index (χ1) is 14.8. The number of piperidine rings is 1. The number of rotatable bonds is 3. The zero-order valence-electron chi connectivity index (χ0n) is 18.3. The number of aryl methyl sites for hydroxylation is 1. The van der Waals surface area contributed by atoms with Gasteiger partial charge in [-0.1, -0.05) is 19.8 Å². The van der Waals surface area contributed by atoms with Gasteiger partial charge in [0.1, 0.15) is 5.56 Å². The lowest BCUT2D eigenvalue weighted by Gasteiger charge is -2.29. The Bertz CT molecular complexity index is 1140.